The predicted molar refractivity (Wildman–Crippen MR) is 126 cm³/mol. The van der Waals surface area contributed by atoms with Gasteiger partial charge in [-0.3, -0.25) is 14.9 Å². The highest BCUT2D eigenvalue weighted by Crippen LogP contribution is 2.30. The van der Waals surface area contributed by atoms with Crippen molar-refractivity contribution in [2.24, 2.45) is 5.92 Å². The predicted octanol–water partition coefficient (Wildman–Crippen LogP) is 4.64. The van der Waals surface area contributed by atoms with E-state index in [1.807, 2.05) is 35.8 Å². The van der Waals surface area contributed by atoms with Crippen molar-refractivity contribution < 1.29 is 19.2 Å². The smallest absolute Gasteiger partial charge is 0.340 e. The fourth-order valence-corrected chi connectivity index (χ4v) is 3.72. The molecule has 0 aliphatic rings. The van der Waals surface area contributed by atoms with Gasteiger partial charge in [-0.1, -0.05) is 31.5 Å². The molecule has 0 fully saturated rings. The van der Waals surface area contributed by atoms with Gasteiger partial charge in [0, 0.05) is 30.1 Å². The highest BCUT2D eigenvalue weighted by Gasteiger charge is 2.27. The van der Waals surface area contributed by atoms with Crippen LogP contribution < -0.4 is 5.32 Å². The van der Waals surface area contributed by atoms with Gasteiger partial charge in [0.25, 0.3) is 5.69 Å². The Morgan fingerprint density at radius 1 is 1.21 bits per heavy atom. The summed E-state index contributed by atoms with van der Waals surface area (Å²) in [4.78, 5) is 36.1. The Bertz CT molecular complexity index is 1240. The van der Waals surface area contributed by atoms with Crippen LogP contribution in [0.25, 0.3) is 5.69 Å². The molecule has 174 valence electrons. The molecule has 0 bridgehead atoms. The summed E-state index contributed by atoms with van der Waals surface area (Å²) in [6.07, 6.45) is 5.24. The minimum absolute atomic E-state index is 0.0758. The van der Waals surface area contributed by atoms with Gasteiger partial charge < -0.3 is 14.6 Å². The van der Waals surface area contributed by atoms with E-state index in [1.54, 1.807) is 18.5 Å². The SMILES string of the molecule is CCCC(Cc1ccc(-n2ccc(C#N)c2)cc1)C(=O)Nc1c(C(=O)OC)cccc1[N+](=O)[O-]. The lowest BCUT2D eigenvalue weighted by molar-refractivity contribution is -0.384. The lowest BCUT2D eigenvalue weighted by Gasteiger charge is -2.18. The van der Waals surface area contributed by atoms with Gasteiger partial charge in [0.05, 0.1) is 23.2 Å². The zero-order chi connectivity index (χ0) is 24.7. The summed E-state index contributed by atoms with van der Waals surface area (Å²) in [6.45, 7) is 1.95. The summed E-state index contributed by atoms with van der Waals surface area (Å²) in [5.74, 6) is -1.64. The molecule has 1 unspecified atom stereocenters. The average Bonchev–Trinajstić information content (AvgIpc) is 3.33. The maximum Gasteiger partial charge on any atom is 0.340 e. The van der Waals surface area contributed by atoms with Crippen LogP contribution in [0.2, 0.25) is 0 Å². The molecule has 1 heterocycles. The molecule has 3 rings (SSSR count). The molecular weight excluding hydrogens is 436 g/mol. The Balaban J connectivity index is 1.82. The normalized spacial score (nSPS) is 11.3. The Labute approximate surface area is 196 Å². The number of nitriles is 1. The van der Waals surface area contributed by atoms with Crippen molar-refractivity contribution in [3.63, 3.8) is 0 Å². The van der Waals surface area contributed by atoms with E-state index in [9.17, 15) is 19.7 Å². The number of hydrogen-bond donors (Lipinski definition) is 1. The average molecular weight is 460 g/mol. The van der Waals surface area contributed by atoms with Crippen LogP contribution in [0.4, 0.5) is 11.4 Å². The van der Waals surface area contributed by atoms with E-state index in [0.717, 1.165) is 17.7 Å². The van der Waals surface area contributed by atoms with Crippen molar-refractivity contribution in [1.29, 1.82) is 5.26 Å². The van der Waals surface area contributed by atoms with E-state index < -0.39 is 22.7 Å². The molecule has 0 saturated heterocycles. The molecule has 0 aliphatic heterocycles. The largest absolute Gasteiger partial charge is 0.465 e. The van der Waals surface area contributed by atoms with Crippen molar-refractivity contribution in [3.8, 4) is 11.8 Å². The van der Waals surface area contributed by atoms with Crippen LogP contribution >= 0.6 is 0 Å². The first kappa shape index (κ1) is 24.2. The molecule has 1 atom stereocenters. The number of nitro groups is 1. The van der Waals surface area contributed by atoms with Gasteiger partial charge in [-0.2, -0.15) is 5.26 Å². The number of amides is 1. The molecule has 1 aromatic heterocycles. The van der Waals surface area contributed by atoms with Gasteiger partial charge in [-0.15, -0.1) is 0 Å². The molecule has 34 heavy (non-hydrogen) atoms. The van der Waals surface area contributed by atoms with Crippen molar-refractivity contribution in [1.82, 2.24) is 4.57 Å². The summed E-state index contributed by atoms with van der Waals surface area (Å²) in [7, 11) is 1.17. The molecule has 1 N–H and O–H groups in total. The summed E-state index contributed by atoms with van der Waals surface area (Å²) in [6, 6.07) is 15.4. The third-order valence-corrected chi connectivity index (χ3v) is 5.44. The topological polar surface area (TPSA) is 127 Å². The standard InChI is InChI=1S/C25H24N4O5/c1-3-5-19(14-17-8-10-20(11-9-17)28-13-12-18(15-26)16-28)24(30)27-23-21(25(31)34-2)6-4-7-22(23)29(32)33/h4,6-13,16,19H,3,5,14H2,1-2H3,(H,27,30). The molecular formula is C25H24N4O5. The van der Waals surface area contributed by atoms with E-state index in [0.29, 0.717) is 18.4 Å². The van der Waals surface area contributed by atoms with Gasteiger partial charge in [0.2, 0.25) is 5.91 Å². The second-order valence-electron chi connectivity index (χ2n) is 7.71. The second-order valence-corrected chi connectivity index (χ2v) is 7.71. The Hall–Kier alpha value is -4.45. The first-order chi connectivity index (χ1) is 16.4. The third-order valence-electron chi connectivity index (χ3n) is 5.44. The number of anilines is 1. The van der Waals surface area contributed by atoms with Gasteiger partial charge in [0.15, 0.2) is 0 Å². The number of carbonyl (C=O) groups excluding carboxylic acids is 2. The number of nitro benzene ring substituents is 1. The molecule has 9 heteroatoms. The van der Waals surface area contributed by atoms with E-state index in [4.69, 9.17) is 10.00 Å². The minimum atomic E-state index is -0.772. The molecule has 0 aliphatic carbocycles. The molecule has 2 aromatic carbocycles. The third kappa shape index (κ3) is 5.48. The fourth-order valence-electron chi connectivity index (χ4n) is 3.72. The number of esters is 1. The van der Waals surface area contributed by atoms with E-state index in [-0.39, 0.29) is 16.9 Å². The Morgan fingerprint density at radius 3 is 2.53 bits per heavy atom. The fraction of sp³-hybridized carbons (Fsp3) is 0.240. The number of nitrogens with zero attached hydrogens (tertiary/aromatic N) is 3. The zero-order valence-corrected chi connectivity index (χ0v) is 18.9. The lowest BCUT2D eigenvalue weighted by Crippen LogP contribution is -2.26. The van der Waals surface area contributed by atoms with Crippen LogP contribution in [0.15, 0.2) is 60.9 Å². The van der Waals surface area contributed by atoms with Crippen LogP contribution in [-0.2, 0) is 16.0 Å². The maximum atomic E-state index is 13.1. The molecule has 1 amide bonds. The minimum Gasteiger partial charge on any atom is -0.465 e. The highest BCUT2D eigenvalue weighted by atomic mass is 16.6. The number of nitrogens with one attached hydrogen (secondary N) is 1. The molecule has 0 spiro atoms. The van der Waals surface area contributed by atoms with E-state index in [2.05, 4.69) is 11.4 Å². The second kappa shape index (κ2) is 10.9. The summed E-state index contributed by atoms with van der Waals surface area (Å²) < 4.78 is 6.56. The lowest BCUT2D eigenvalue weighted by atomic mass is 9.93. The molecule has 0 saturated carbocycles. The van der Waals surface area contributed by atoms with Crippen molar-refractivity contribution in [2.75, 3.05) is 12.4 Å². The van der Waals surface area contributed by atoms with Gasteiger partial charge >= 0.3 is 5.97 Å². The first-order valence-electron chi connectivity index (χ1n) is 10.7. The molecule has 3 aromatic rings. The first-order valence-corrected chi connectivity index (χ1v) is 10.7. The number of ether oxygens (including phenoxy) is 1. The number of rotatable bonds is 9. The van der Waals surface area contributed by atoms with Crippen molar-refractivity contribution >= 4 is 23.3 Å². The van der Waals surface area contributed by atoms with E-state index >= 15 is 0 Å². The van der Waals surface area contributed by atoms with Crippen LogP contribution in [0.1, 0.15) is 41.3 Å². The monoisotopic (exact) mass is 460 g/mol. The zero-order valence-electron chi connectivity index (χ0n) is 18.9. The van der Waals surface area contributed by atoms with Gasteiger partial charge in [0.1, 0.15) is 11.8 Å². The Morgan fingerprint density at radius 2 is 1.94 bits per heavy atom. The number of hydrogen-bond acceptors (Lipinski definition) is 6. The van der Waals surface area contributed by atoms with Crippen LogP contribution in [0.3, 0.4) is 0 Å². The quantitative estimate of drug-likeness (QED) is 0.281. The van der Waals surface area contributed by atoms with Crippen molar-refractivity contribution in [3.05, 3.63) is 87.7 Å². The maximum absolute atomic E-state index is 13.1. The van der Waals surface area contributed by atoms with Gasteiger partial charge in [-0.05, 0) is 42.7 Å². The summed E-state index contributed by atoms with van der Waals surface area (Å²) >= 11 is 0. The number of aromatic nitrogens is 1. The number of benzene rings is 2. The number of methoxy groups -OCH3 is 1. The number of para-hydroxylation sites is 1. The summed E-state index contributed by atoms with van der Waals surface area (Å²) in [5, 5.41) is 23.1. The van der Waals surface area contributed by atoms with Crippen LogP contribution in [0, 0.1) is 27.4 Å². The molecule has 9 nitrogen and oxygen atoms in total. The van der Waals surface area contributed by atoms with Crippen LogP contribution in [0.5, 0.6) is 0 Å². The van der Waals surface area contributed by atoms with Gasteiger partial charge in [-0.25, -0.2) is 4.79 Å². The Kier molecular flexibility index (Phi) is 7.77. The van der Waals surface area contributed by atoms with E-state index in [1.165, 1.54) is 25.3 Å². The van der Waals surface area contributed by atoms with Crippen LogP contribution in [-0.4, -0.2) is 28.5 Å². The highest BCUT2D eigenvalue weighted by molar-refractivity contribution is 6.04. The number of carbonyl (C=O) groups is 2. The van der Waals surface area contributed by atoms with Crippen molar-refractivity contribution in [2.45, 2.75) is 26.2 Å². The molecule has 0 radical (unpaired) electrons. The summed E-state index contributed by atoms with van der Waals surface area (Å²) in [5.41, 5.74) is 1.74.